The standard InChI is InChI=1S/C10H13ClFNO/c11-8-6-7(3-4-9(8)12)10(14)2-1-5-13/h3-4,6,10,14H,1-2,5,13H2. The van der Waals surface area contributed by atoms with Crippen LogP contribution in [-0.4, -0.2) is 11.7 Å². The van der Waals surface area contributed by atoms with Gasteiger partial charge in [0.15, 0.2) is 0 Å². The van der Waals surface area contributed by atoms with E-state index in [9.17, 15) is 9.50 Å². The first-order chi connectivity index (χ1) is 6.65. The van der Waals surface area contributed by atoms with E-state index in [0.717, 1.165) is 6.42 Å². The maximum absolute atomic E-state index is 12.8. The predicted molar refractivity (Wildman–Crippen MR) is 54.7 cm³/mol. The van der Waals surface area contributed by atoms with Gasteiger partial charge in [0.2, 0.25) is 0 Å². The van der Waals surface area contributed by atoms with Crippen LogP contribution in [0, 0.1) is 5.82 Å². The summed E-state index contributed by atoms with van der Waals surface area (Å²) in [7, 11) is 0. The largest absolute Gasteiger partial charge is 0.388 e. The fraction of sp³-hybridized carbons (Fsp3) is 0.400. The molecular formula is C10H13ClFNO. The van der Waals surface area contributed by atoms with Crippen LogP contribution in [0.15, 0.2) is 18.2 Å². The summed E-state index contributed by atoms with van der Waals surface area (Å²) in [5.74, 6) is -0.471. The van der Waals surface area contributed by atoms with Gasteiger partial charge < -0.3 is 10.8 Å². The number of aliphatic hydroxyl groups excluding tert-OH is 1. The Balaban J connectivity index is 2.70. The molecule has 0 aliphatic carbocycles. The zero-order chi connectivity index (χ0) is 10.6. The topological polar surface area (TPSA) is 46.2 Å². The summed E-state index contributed by atoms with van der Waals surface area (Å²) < 4.78 is 12.8. The van der Waals surface area contributed by atoms with Gasteiger partial charge in [0.1, 0.15) is 5.82 Å². The molecule has 1 aromatic carbocycles. The number of hydrogen-bond donors (Lipinski definition) is 2. The van der Waals surface area contributed by atoms with E-state index in [1.165, 1.54) is 18.2 Å². The average Bonchev–Trinajstić information content (AvgIpc) is 2.18. The van der Waals surface area contributed by atoms with E-state index < -0.39 is 11.9 Å². The van der Waals surface area contributed by atoms with Crippen molar-refractivity contribution in [2.45, 2.75) is 18.9 Å². The van der Waals surface area contributed by atoms with E-state index in [2.05, 4.69) is 0 Å². The van der Waals surface area contributed by atoms with Crippen molar-refractivity contribution < 1.29 is 9.50 Å². The molecule has 0 fully saturated rings. The van der Waals surface area contributed by atoms with Crippen molar-refractivity contribution in [2.75, 3.05) is 6.54 Å². The van der Waals surface area contributed by atoms with Crippen LogP contribution in [0.5, 0.6) is 0 Å². The zero-order valence-electron chi connectivity index (χ0n) is 7.71. The van der Waals surface area contributed by atoms with Crippen LogP contribution in [-0.2, 0) is 0 Å². The zero-order valence-corrected chi connectivity index (χ0v) is 8.47. The van der Waals surface area contributed by atoms with Gasteiger partial charge in [-0.2, -0.15) is 0 Å². The molecule has 0 heterocycles. The van der Waals surface area contributed by atoms with E-state index >= 15 is 0 Å². The van der Waals surface area contributed by atoms with Gasteiger partial charge in [-0.25, -0.2) is 4.39 Å². The third-order valence-corrected chi connectivity index (χ3v) is 2.30. The first kappa shape index (κ1) is 11.4. The Kier molecular flexibility index (Phi) is 4.32. The molecule has 0 saturated heterocycles. The van der Waals surface area contributed by atoms with Gasteiger partial charge in [0.25, 0.3) is 0 Å². The van der Waals surface area contributed by atoms with Gasteiger partial charge in [-0.05, 0) is 37.1 Å². The predicted octanol–water partition coefficient (Wildman–Crippen LogP) is 2.25. The first-order valence-electron chi connectivity index (χ1n) is 4.48. The minimum absolute atomic E-state index is 0.0364. The lowest BCUT2D eigenvalue weighted by molar-refractivity contribution is 0.165. The Morgan fingerprint density at radius 2 is 2.21 bits per heavy atom. The first-order valence-corrected chi connectivity index (χ1v) is 4.86. The molecule has 1 atom stereocenters. The fourth-order valence-corrected chi connectivity index (χ4v) is 1.39. The van der Waals surface area contributed by atoms with Gasteiger partial charge in [-0.15, -0.1) is 0 Å². The maximum atomic E-state index is 12.8. The van der Waals surface area contributed by atoms with Crippen molar-refractivity contribution in [3.05, 3.63) is 34.6 Å². The van der Waals surface area contributed by atoms with Crippen molar-refractivity contribution in [1.29, 1.82) is 0 Å². The molecule has 0 radical (unpaired) electrons. The number of nitrogens with two attached hydrogens (primary N) is 1. The monoisotopic (exact) mass is 217 g/mol. The minimum Gasteiger partial charge on any atom is -0.388 e. The number of benzene rings is 1. The number of hydrogen-bond acceptors (Lipinski definition) is 2. The lowest BCUT2D eigenvalue weighted by Crippen LogP contribution is -2.03. The molecule has 1 aromatic rings. The van der Waals surface area contributed by atoms with E-state index in [1.807, 2.05) is 0 Å². The molecule has 0 aliphatic rings. The minimum atomic E-state index is -0.614. The summed E-state index contributed by atoms with van der Waals surface area (Å²) in [4.78, 5) is 0. The lowest BCUT2D eigenvalue weighted by Gasteiger charge is -2.10. The highest BCUT2D eigenvalue weighted by molar-refractivity contribution is 6.30. The Labute approximate surface area is 87.5 Å². The normalized spacial score (nSPS) is 12.9. The van der Waals surface area contributed by atoms with Gasteiger partial charge in [-0.3, -0.25) is 0 Å². The molecule has 3 N–H and O–H groups in total. The molecule has 0 spiro atoms. The average molecular weight is 218 g/mol. The van der Waals surface area contributed by atoms with Crippen LogP contribution in [0.3, 0.4) is 0 Å². The molecule has 2 nitrogen and oxygen atoms in total. The Bertz CT molecular complexity index is 306. The quantitative estimate of drug-likeness (QED) is 0.813. The van der Waals surface area contributed by atoms with Crippen LogP contribution in [0.4, 0.5) is 4.39 Å². The van der Waals surface area contributed by atoms with Gasteiger partial charge in [0, 0.05) is 0 Å². The van der Waals surface area contributed by atoms with E-state index in [0.29, 0.717) is 18.5 Å². The molecule has 0 amide bonds. The Morgan fingerprint density at radius 3 is 2.79 bits per heavy atom. The summed E-state index contributed by atoms with van der Waals surface area (Å²) in [6, 6.07) is 4.23. The SMILES string of the molecule is NCCCC(O)c1ccc(F)c(Cl)c1. The van der Waals surface area contributed by atoms with Crippen molar-refractivity contribution in [2.24, 2.45) is 5.73 Å². The highest BCUT2D eigenvalue weighted by atomic mass is 35.5. The van der Waals surface area contributed by atoms with Crippen LogP contribution < -0.4 is 5.73 Å². The van der Waals surface area contributed by atoms with Crippen LogP contribution in [0.1, 0.15) is 24.5 Å². The molecule has 0 saturated carbocycles. The van der Waals surface area contributed by atoms with Crippen molar-refractivity contribution >= 4 is 11.6 Å². The Hall–Kier alpha value is -0.640. The highest BCUT2D eigenvalue weighted by Gasteiger charge is 2.09. The summed E-state index contributed by atoms with van der Waals surface area (Å²) in [5, 5.41) is 9.67. The van der Waals surface area contributed by atoms with Crippen molar-refractivity contribution in [3.8, 4) is 0 Å². The molecule has 1 unspecified atom stereocenters. The number of rotatable bonds is 4. The van der Waals surface area contributed by atoms with E-state index in [-0.39, 0.29) is 5.02 Å². The van der Waals surface area contributed by atoms with Crippen LogP contribution >= 0.6 is 11.6 Å². The molecule has 78 valence electrons. The molecule has 1 rings (SSSR count). The second kappa shape index (κ2) is 5.29. The third kappa shape index (κ3) is 2.94. The molecule has 14 heavy (non-hydrogen) atoms. The summed E-state index contributed by atoms with van der Waals surface area (Å²) in [6.45, 7) is 0.534. The van der Waals surface area contributed by atoms with Crippen LogP contribution in [0.25, 0.3) is 0 Å². The second-order valence-corrected chi connectivity index (χ2v) is 3.53. The molecule has 0 aromatic heterocycles. The molecule has 0 bridgehead atoms. The second-order valence-electron chi connectivity index (χ2n) is 3.12. The van der Waals surface area contributed by atoms with Crippen molar-refractivity contribution in [1.82, 2.24) is 0 Å². The lowest BCUT2D eigenvalue weighted by atomic mass is 10.1. The summed E-state index contributed by atoms with van der Waals surface area (Å²) in [6.07, 6.45) is 0.686. The maximum Gasteiger partial charge on any atom is 0.141 e. The Morgan fingerprint density at radius 1 is 1.50 bits per heavy atom. The van der Waals surface area contributed by atoms with Gasteiger partial charge in [0.05, 0.1) is 11.1 Å². The molecule has 4 heteroatoms. The number of aliphatic hydroxyl groups is 1. The van der Waals surface area contributed by atoms with E-state index in [4.69, 9.17) is 17.3 Å². The third-order valence-electron chi connectivity index (χ3n) is 2.01. The summed E-state index contributed by atoms with van der Waals surface area (Å²) >= 11 is 5.58. The summed E-state index contributed by atoms with van der Waals surface area (Å²) in [5.41, 5.74) is 5.94. The number of halogens is 2. The molecule has 0 aliphatic heterocycles. The van der Waals surface area contributed by atoms with E-state index in [1.54, 1.807) is 0 Å². The van der Waals surface area contributed by atoms with Crippen molar-refractivity contribution in [3.63, 3.8) is 0 Å². The van der Waals surface area contributed by atoms with Gasteiger partial charge >= 0.3 is 0 Å². The smallest absolute Gasteiger partial charge is 0.141 e. The fourth-order valence-electron chi connectivity index (χ4n) is 1.20. The van der Waals surface area contributed by atoms with Crippen LogP contribution in [0.2, 0.25) is 5.02 Å². The molecular weight excluding hydrogens is 205 g/mol. The van der Waals surface area contributed by atoms with Gasteiger partial charge in [-0.1, -0.05) is 17.7 Å². The highest BCUT2D eigenvalue weighted by Crippen LogP contribution is 2.23.